The van der Waals surface area contributed by atoms with Gasteiger partial charge in [-0.1, -0.05) is 48.3 Å². The summed E-state index contributed by atoms with van der Waals surface area (Å²) < 4.78 is 5.47. The summed E-state index contributed by atoms with van der Waals surface area (Å²) in [5.41, 5.74) is 2.18. The van der Waals surface area contributed by atoms with Gasteiger partial charge in [-0.15, -0.1) is 0 Å². The Morgan fingerprint density at radius 2 is 1.87 bits per heavy atom. The topological polar surface area (TPSA) is 65.7 Å². The van der Waals surface area contributed by atoms with E-state index < -0.39 is 0 Å². The number of amides is 1. The highest BCUT2D eigenvalue weighted by Crippen LogP contribution is 2.21. The van der Waals surface area contributed by atoms with E-state index in [1.165, 1.54) is 12.0 Å². The van der Waals surface area contributed by atoms with E-state index in [-0.39, 0.29) is 6.04 Å². The molecule has 1 aromatic carbocycles. The molecule has 30 heavy (non-hydrogen) atoms. The van der Waals surface area contributed by atoms with Crippen molar-refractivity contribution in [3.05, 3.63) is 35.7 Å². The van der Waals surface area contributed by atoms with E-state index in [4.69, 9.17) is 4.52 Å². The van der Waals surface area contributed by atoms with Gasteiger partial charge in [-0.3, -0.25) is 14.6 Å². The first kappa shape index (κ1) is 21.0. The summed E-state index contributed by atoms with van der Waals surface area (Å²) in [5, 5.41) is 4.13. The highest BCUT2D eigenvalue weighted by Gasteiger charge is 2.33. The van der Waals surface area contributed by atoms with Crippen molar-refractivity contribution in [1.82, 2.24) is 24.8 Å². The van der Waals surface area contributed by atoms with E-state index in [0.717, 1.165) is 64.1 Å². The van der Waals surface area contributed by atoms with Crippen LogP contribution >= 0.6 is 0 Å². The van der Waals surface area contributed by atoms with Gasteiger partial charge in [0.25, 0.3) is 0 Å². The van der Waals surface area contributed by atoms with Crippen LogP contribution in [0.15, 0.2) is 28.8 Å². The number of hydrogen-bond acceptors (Lipinski definition) is 6. The van der Waals surface area contributed by atoms with Crippen LogP contribution < -0.4 is 0 Å². The standard InChI is InChI=1S/C23H33N5O2/c1-3-11-27-12-5-4-6-20(27)23(29)28-15-13-26(14-16-28)17-21-24-22(25-30-21)19-9-7-18(2)8-10-19/h7-10,20H,3-6,11-17H2,1-2H3. The van der Waals surface area contributed by atoms with Crippen molar-refractivity contribution in [2.75, 3.05) is 39.3 Å². The van der Waals surface area contributed by atoms with Crippen molar-refractivity contribution in [2.24, 2.45) is 0 Å². The summed E-state index contributed by atoms with van der Waals surface area (Å²) >= 11 is 0. The molecular weight excluding hydrogens is 378 g/mol. The van der Waals surface area contributed by atoms with Gasteiger partial charge in [0.15, 0.2) is 0 Å². The Morgan fingerprint density at radius 1 is 1.10 bits per heavy atom. The van der Waals surface area contributed by atoms with Gasteiger partial charge in [0.1, 0.15) is 0 Å². The first-order valence-corrected chi connectivity index (χ1v) is 11.3. The molecule has 2 saturated heterocycles. The number of piperazine rings is 1. The first-order chi connectivity index (χ1) is 14.6. The Morgan fingerprint density at radius 3 is 2.60 bits per heavy atom. The zero-order valence-corrected chi connectivity index (χ0v) is 18.2. The molecule has 2 aliphatic heterocycles. The predicted octanol–water partition coefficient (Wildman–Crippen LogP) is 2.95. The first-order valence-electron chi connectivity index (χ1n) is 11.3. The molecule has 7 nitrogen and oxygen atoms in total. The summed E-state index contributed by atoms with van der Waals surface area (Å²) in [7, 11) is 0. The lowest BCUT2D eigenvalue weighted by atomic mass is 10.00. The number of hydrogen-bond donors (Lipinski definition) is 0. The van der Waals surface area contributed by atoms with E-state index in [0.29, 0.717) is 24.2 Å². The molecule has 0 aliphatic carbocycles. The van der Waals surface area contributed by atoms with Crippen molar-refractivity contribution in [1.29, 1.82) is 0 Å². The maximum atomic E-state index is 13.1. The minimum atomic E-state index is 0.0817. The predicted molar refractivity (Wildman–Crippen MR) is 116 cm³/mol. The highest BCUT2D eigenvalue weighted by atomic mass is 16.5. The molecule has 0 bridgehead atoms. The maximum absolute atomic E-state index is 13.1. The van der Waals surface area contributed by atoms with Crippen molar-refractivity contribution < 1.29 is 9.32 Å². The molecule has 0 N–H and O–H groups in total. The van der Waals surface area contributed by atoms with Crippen LogP contribution in [0.4, 0.5) is 0 Å². The molecule has 3 heterocycles. The normalized spacial score (nSPS) is 21.1. The number of carbonyl (C=O) groups is 1. The molecule has 4 rings (SSSR count). The zero-order valence-electron chi connectivity index (χ0n) is 18.2. The third-order valence-electron chi connectivity index (χ3n) is 6.23. The van der Waals surface area contributed by atoms with E-state index >= 15 is 0 Å². The second-order valence-electron chi connectivity index (χ2n) is 8.53. The number of likely N-dealkylation sites (tertiary alicyclic amines) is 1. The van der Waals surface area contributed by atoms with Crippen LogP contribution in [0.5, 0.6) is 0 Å². The molecule has 1 unspecified atom stereocenters. The fourth-order valence-electron chi connectivity index (χ4n) is 4.49. The molecular formula is C23H33N5O2. The van der Waals surface area contributed by atoms with Crippen LogP contribution in [-0.2, 0) is 11.3 Å². The van der Waals surface area contributed by atoms with E-state index in [1.54, 1.807) is 0 Å². The van der Waals surface area contributed by atoms with Crippen LogP contribution in [0.3, 0.4) is 0 Å². The Kier molecular flexibility index (Phi) is 6.79. The van der Waals surface area contributed by atoms with Crippen molar-refractivity contribution in [3.8, 4) is 11.4 Å². The van der Waals surface area contributed by atoms with Gasteiger partial charge in [-0.2, -0.15) is 4.98 Å². The number of benzene rings is 1. The second kappa shape index (κ2) is 9.71. The molecule has 0 saturated carbocycles. The molecule has 162 valence electrons. The number of rotatable bonds is 6. The summed E-state index contributed by atoms with van der Waals surface area (Å²) in [4.78, 5) is 24.4. The summed E-state index contributed by atoms with van der Waals surface area (Å²) in [6, 6.07) is 8.21. The van der Waals surface area contributed by atoms with Crippen molar-refractivity contribution in [3.63, 3.8) is 0 Å². The largest absolute Gasteiger partial charge is 0.339 e. The average Bonchev–Trinajstić information content (AvgIpc) is 3.23. The Balaban J connectivity index is 1.29. The summed E-state index contributed by atoms with van der Waals surface area (Å²) in [5.74, 6) is 1.58. The van der Waals surface area contributed by atoms with Crippen molar-refractivity contribution in [2.45, 2.75) is 52.1 Å². The number of carbonyl (C=O) groups excluding carboxylic acids is 1. The third-order valence-corrected chi connectivity index (χ3v) is 6.23. The van der Waals surface area contributed by atoms with Gasteiger partial charge >= 0.3 is 0 Å². The van der Waals surface area contributed by atoms with Gasteiger partial charge in [-0.05, 0) is 39.3 Å². The van der Waals surface area contributed by atoms with Gasteiger partial charge in [0.2, 0.25) is 17.6 Å². The lowest BCUT2D eigenvalue weighted by Crippen LogP contribution is -2.56. The molecule has 1 atom stereocenters. The van der Waals surface area contributed by atoms with Crippen molar-refractivity contribution >= 4 is 5.91 Å². The van der Waals surface area contributed by atoms with E-state index in [1.807, 2.05) is 12.1 Å². The SMILES string of the molecule is CCCN1CCCCC1C(=O)N1CCN(Cc2nc(-c3ccc(C)cc3)no2)CC1. The van der Waals surface area contributed by atoms with Gasteiger partial charge in [0.05, 0.1) is 12.6 Å². The molecule has 2 aliphatic rings. The molecule has 1 aromatic heterocycles. The highest BCUT2D eigenvalue weighted by molar-refractivity contribution is 5.82. The van der Waals surface area contributed by atoms with Crippen LogP contribution in [0.1, 0.15) is 44.1 Å². The molecule has 0 radical (unpaired) electrons. The summed E-state index contributed by atoms with van der Waals surface area (Å²) in [6.07, 6.45) is 4.48. The molecule has 7 heteroatoms. The van der Waals surface area contributed by atoms with Gasteiger partial charge in [-0.25, -0.2) is 0 Å². The number of aryl methyl sites for hydroxylation is 1. The summed E-state index contributed by atoms with van der Waals surface area (Å²) in [6.45, 7) is 10.2. The quantitative estimate of drug-likeness (QED) is 0.728. The number of aromatic nitrogens is 2. The minimum absolute atomic E-state index is 0.0817. The maximum Gasteiger partial charge on any atom is 0.241 e. The number of nitrogens with zero attached hydrogens (tertiary/aromatic N) is 5. The Labute approximate surface area is 179 Å². The Bertz CT molecular complexity index is 824. The lowest BCUT2D eigenvalue weighted by Gasteiger charge is -2.40. The molecule has 1 amide bonds. The van der Waals surface area contributed by atoms with E-state index in [9.17, 15) is 4.79 Å². The minimum Gasteiger partial charge on any atom is -0.339 e. The fraction of sp³-hybridized carbons (Fsp3) is 0.609. The van der Waals surface area contributed by atoms with Gasteiger partial charge in [0, 0.05) is 31.7 Å². The lowest BCUT2D eigenvalue weighted by molar-refractivity contribution is -0.140. The monoisotopic (exact) mass is 411 g/mol. The second-order valence-corrected chi connectivity index (χ2v) is 8.53. The smallest absolute Gasteiger partial charge is 0.241 e. The number of piperidine rings is 1. The Hall–Kier alpha value is -2.25. The molecule has 2 aromatic rings. The molecule has 2 fully saturated rings. The van der Waals surface area contributed by atoms with Gasteiger partial charge < -0.3 is 9.42 Å². The van der Waals surface area contributed by atoms with Crippen LogP contribution in [0, 0.1) is 6.92 Å². The average molecular weight is 412 g/mol. The van der Waals surface area contributed by atoms with Crippen LogP contribution in [-0.4, -0.2) is 76.1 Å². The van der Waals surface area contributed by atoms with Crippen LogP contribution in [0.2, 0.25) is 0 Å². The molecule has 0 spiro atoms. The van der Waals surface area contributed by atoms with E-state index in [2.05, 4.69) is 50.8 Å². The fourth-order valence-corrected chi connectivity index (χ4v) is 4.49. The third kappa shape index (κ3) is 4.90. The zero-order chi connectivity index (χ0) is 20.9. The van der Waals surface area contributed by atoms with Crippen LogP contribution in [0.25, 0.3) is 11.4 Å².